The number of benzene rings is 2. The van der Waals surface area contributed by atoms with E-state index in [1.807, 2.05) is 37.3 Å². The van der Waals surface area contributed by atoms with Crippen LogP contribution in [0.5, 0.6) is 0 Å². The van der Waals surface area contributed by atoms with Crippen LogP contribution in [0.1, 0.15) is 33.1 Å². The van der Waals surface area contributed by atoms with E-state index in [9.17, 15) is 9.59 Å². The summed E-state index contributed by atoms with van der Waals surface area (Å²) in [6.07, 6.45) is 0. The van der Waals surface area contributed by atoms with Gasteiger partial charge in [0, 0.05) is 11.3 Å². The van der Waals surface area contributed by atoms with Crippen LogP contribution in [0.25, 0.3) is 0 Å². The monoisotopic (exact) mass is 383 g/mol. The smallest absolute Gasteiger partial charge is 0.242 e. The van der Waals surface area contributed by atoms with Gasteiger partial charge in [-0.3, -0.25) is 9.59 Å². The van der Waals surface area contributed by atoms with E-state index in [4.69, 9.17) is 0 Å². The van der Waals surface area contributed by atoms with Gasteiger partial charge in [-0.15, -0.1) is 10.2 Å². The zero-order valence-corrected chi connectivity index (χ0v) is 15.9. The summed E-state index contributed by atoms with van der Waals surface area (Å²) in [5, 5.41) is 11.4. The molecule has 0 saturated heterocycles. The predicted octanol–water partition coefficient (Wildman–Crippen LogP) is 4.52. The maximum Gasteiger partial charge on any atom is 0.242 e. The summed E-state index contributed by atoms with van der Waals surface area (Å²) in [4.78, 5) is 24.5. The Bertz CT molecular complexity index is 925. The lowest BCUT2D eigenvalue weighted by molar-refractivity contribution is -0.115. The van der Waals surface area contributed by atoms with Gasteiger partial charge >= 0.3 is 0 Å². The highest BCUT2D eigenvalue weighted by Gasteiger charge is 2.24. The van der Waals surface area contributed by atoms with Gasteiger partial charge in [-0.05, 0) is 31.5 Å². The van der Waals surface area contributed by atoms with Gasteiger partial charge in [-0.25, -0.2) is 0 Å². The average molecular weight is 383 g/mol. The van der Waals surface area contributed by atoms with Crippen molar-refractivity contribution in [2.75, 3.05) is 5.32 Å². The molecular formula is C19H17N3O2S2. The molecule has 0 spiro atoms. The molecule has 132 valence electrons. The molecule has 26 heavy (non-hydrogen) atoms. The Morgan fingerprint density at radius 2 is 1.85 bits per heavy atom. The molecular weight excluding hydrogens is 366 g/mol. The lowest BCUT2D eigenvalue weighted by Gasteiger charge is -2.16. The summed E-state index contributed by atoms with van der Waals surface area (Å²) < 4.78 is 0.740. The topological polar surface area (TPSA) is 72.0 Å². The molecule has 5 nitrogen and oxygen atoms in total. The van der Waals surface area contributed by atoms with E-state index in [1.165, 1.54) is 30.0 Å². The van der Waals surface area contributed by atoms with Crippen molar-refractivity contribution >= 4 is 40.5 Å². The fourth-order valence-corrected chi connectivity index (χ4v) is 4.36. The standard InChI is InChI=1S/C19H17N3O2S2/c1-12(23)15-9-6-10-16(11-15)20-18(24)17(14-7-4-3-5-8-14)26-19-22-21-13(2)25-19/h3-11,17H,1-2H3,(H,20,24)/t17-/m0/s1. The molecule has 1 amide bonds. The van der Waals surface area contributed by atoms with E-state index in [0.29, 0.717) is 11.3 Å². The molecule has 0 aliphatic heterocycles. The van der Waals surface area contributed by atoms with Crippen LogP contribution >= 0.6 is 23.1 Å². The van der Waals surface area contributed by atoms with Crippen molar-refractivity contribution in [2.24, 2.45) is 0 Å². The van der Waals surface area contributed by atoms with Gasteiger partial charge < -0.3 is 5.32 Å². The highest BCUT2D eigenvalue weighted by atomic mass is 32.2. The number of aromatic nitrogens is 2. The average Bonchev–Trinajstić information content (AvgIpc) is 3.05. The Kier molecular flexibility index (Phi) is 5.80. The molecule has 1 atom stereocenters. The van der Waals surface area contributed by atoms with E-state index < -0.39 is 5.25 Å². The van der Waals surface area contributed by atoms with Gasteiger partial charge in [0.15, 0.2) is 10.1 Å². The molecule has 3 aromatic rings. The molecule has 0 aliphatic carbocycles. The molecule has 0 radical (unpaired) electrons. The molecule has 0 aliphatic rings. The highest BCUT2D eigenvalue weighted by Crippen LogP contribution is 2.37. The van der Waals surface area contributed by atoms with Crippen LogP contribution in [-0.4, -0.2) is 21.9 Å². The number of carbonyl (C=O) groups excluding carboxylic acids is 2. The Balaban J connectivity index is 1.85. The second-order valence-corrected chi connectivity index (χ2v) is 8.16. The lowest BCUT2D eigenvalue weighted by atomic mass is 10.1. The van der Waals surface area contributed by atoms with Crippen molar-refractivity contribution in [3.8, 4) is 0 Å². The number of carbonyl (C=O) groups is 2. The second-order valence-electron chi connectivity index (χ2n) is 5.62. The Hall–Kier alpha value is -2.51. The van der Waals surface area contributed by atoms with Gasteiger partial charge in [0.25, 0.3) is 0 Å². The maximum absolute atomic E-state index is 12.9. The molecule has 1 heterocycles. The van der Waals surface area contributed by atoms with E-state index in [0.717, 1.165) is 14.9 Å². The molecule has 1 aromatic heterocycles. The third-order valence-corrected chi connectivity index (χ3v) is 5.78. The summed E-state index contributed by atoms with van der Waals surface area (Å²) in [6, 6.07) is 16.5. The van der Waals surface area contributed by atoms with Crippen LogP contribution in [0.15, 0.2) is 58.9 Å². The van der Waals surface area contributed by atoms with Crippen LogP contribution in [0, 0.1) is 6.92 Å². The van der Waals surface area contributed by atoms with Crippen molar-refractivity contribution in [2.45, 2.75) is 23.4 Å². The number of amides is 1. The molecule has 7 heteroatoms. The van der Waals surface area contributed by atoms with Gasteiger partial charge in [-0.2, -0.15) is 0 Å². The quantitative estimate of drug-likeness (QED) is 0.500. The minimum Gasteiger partial charge on any atom is -0.325 e. The summed E-state index contributed by atoms with van der Waals surface area (Å²) in [5.74, 6) is -0.214. The number of nitrogens with zero attached hydrogens (tertiary/aromatic N) is 2. The van der Waals surface area contributed by atoms with E-state index in [-0.39, 0.29) is 11.7 Å². The second kappa shape index (κ2) is 8.25. The van der Waals surface area contributed by atoms with Gasteiger partial charge in [-0.1, -0.05) is 65.6 Å². The number of anilines is 1. The van der Waals surface area contributed by atoms with Crippen molar-refractivity contribution in [1.82, 2.24) is 10.2 Å². The van der Waals surface area contributed by atoms with E-state index in [1.54, 1.807) is 24.3 Å². The molecule has 1 N–H and O–H groups in total. The van der Waals surface area contributed by atoms with Crippen molar-refractivity contribution in [3.63, 3.8) is 0 Å². The van der Waals surface area contributed by atoms with Crippen LogP contribution in [0.2, 0.25) is 0 Å². The van der Waals surface area contributed by atoms with Gasteiger partial charge in [0.05, 0.1) is 0 Å². The summed E-state index contributed by atoms with van der Waals surface area (Å²) in [7, 11) is 0. The zero-order chi connectivity index (χ0) is 18.5. The van der Waals surface area contributed by atoms with Gasteiger partial charge in [0.2, 0.25) is 5.91 Å². The Labute approximate surface area is 159 Å². The molecule has 0 bridgehead atoms. The maximum atomic E-state index is 12.9. The molecule has 2 aromatic carbocycles. The molecule has 0 saturated carbocycles. The first-order valence-electron chi connectivity index (χ1n) is 7.96. The number of aryl methyl sites for hydroxylation is 1. The molecule has 3 rings (SSSR count). The number of Topliss-reactive ketones (excluding diaryl/α,β-unsaturated/α-hetero) is 1. The Morgan fingerprint density at radius 1 is 1.08 bits per heavy atom. The minimum absolute atomic E-state index is 0.0422. The zero-order valence-electron chi connectivity index (χ0n) is 14.3. The number of nitrogens with one attached hydrogen (secondary N) is 1. The number of ketones is 1. The van der Waals surface area contributed by atoms with E-state index >= 15 is 0 Å². The summed E-state index contributed by atoms with van der Waals surface area (Å²) in [6.45, 7) is 3.38. The van der Waals surface area contributed by atoms with Crippen molar-refractivity contribution < 1.29 is 9.59 Å². The van der Waals surface area contributed by atoms with Crippen LogP contribution in [0.4, 0.5) is 5.69 Å². The lowest BCUT2D eigenvalue weighted by Crippen LogP contribution is -2.19. The predicted molar refractivity (Wildman–Crippen MR) is 105 cm³/mol. The third kappa shape index (κ3) is 4.56. The highest BCUT2D eigenvalue weighted by molar-refractivity contribution is 8.01. The fourth-order valence-electron chi connectivity index (χ4n) is 2.35. The number of hydrogen-bond acceptors (Lipinski definition) is 6. The Morgan fingerprint density at radius 3 is 2.50 bits per heavy atom. The number of rotatable bonds is 6. The third-order valence-electron chi connectivity index (χ3n) is 3.60. The first kappa shape index (κ1) is 18.3. The molecule has 0 fully saturated rings. The minimum atomic E-state index is -0.468. The normalized spacial score (nSPS) is 11.8. The first-order valence-corrected chi connectivity index (χ1v) is 9.66. The number of hydrogen-bond donors (Lipinski definition) is 1. The SMILES string of the molecule is CC(=O)c1cccc(NC(=O)[C@@H](Sc2nnc(C)s2)c2ccccc2)c1. The van der Waals surface area contributed by atoms with E-state index in [2.05, 4.69) is 15.5 Å². The first-order chi connectivity index (χ1) is 12.5. The van der Waals surface area contributed by atoms with Crippen molar-refractivity contribution in [1.29, 1.82) is 0 Å². The van der Waals surface area contributed by atoms with Crippen LogP contribution in [0.3, 0.4) is 0 Å². The van der Waals surface area contributed by atoms with Crippen LogP contribution in [-0.2, 0) is 4.79 Å². The largest absolute Gasteiger partial charge is 0.325 e. The van der Waals surface area contributed by atoms with Gasteiger partial charge in [0.1, 0.15) is 10.3 Å². The number of thioether (sulfide) groups is 1. The fraction of sp³-hybridized carbons (Fsp3) is 0.158. The van der Waals surface area contributed by atoms with Crippen molar-refractivity contribution in [3.05, 3.63) is 70.7 Å². The van der Waals surface area contributed by atoms with Crippen LogP contribution < -0.4 is 5.32 Å². The summed E-state index contributed by atoms with van der Waals surface area (Å²) in [5.41, 5.74) is 2.04. The molecule has 0 unspecified atom stereocenters. The summed E-state index contributed by atoms with van der Waals surface area (Å²) >= 11 is 2.82.